The van der Waals surface area contributed by atoms with Crippen molar-refractivity contribution in [3.63, 3.8) is 0 Å². The fourth-order valence-electron chi connectivity index (χ4n) is 5.14. The number of hydrogen-bond acceptors (Lipinski definition) is 3. The molecule has 1 N–H and O–H groups in total. The molecule has 25 heavy (non-hydrogen) atoms. The molecule has 2 amide bonds. The van der Waals surface area contributed by atoms with E-state index in [2.05, 4.69) is 29.6 Å². The van der Waals surface area contributed by atoms with Crippen LogP contribution in [0.15, 0.2) is 24.3 Å². The number of likely N-dealkylation sites (tertiary alicyclic amines) is 1. The van der Waals surface area contributed by atoms with Crippen LogP contribution in [0.3, 0.4) is 0 Å². The maximum Gasteiger partial charge on any atom is 0.317 e. The highest BCUT2D eigenvalue weighted by molar-refractivity contribution is 5.75. The third-order valence-electron chi connectivity index (χ3n) is 6.64. The summed E-state index contributed by atoms with van der Waals surface area (Å²) in [5.41, 5.74) is 2.90. The van der Waals surface area contributed by atoms with E-state index in [0.717, 1.165) is 32.4 Å². The lowest BCUT2D eigenvalue weighted by atomic mass is 9.90. The normalized spacial score (nSPS) is 35.2. The van der Waals surface area contributed by atoms with Crippen LogP contribution in [0.25, 0.3) is 0 Å². The molecule has 5 heteroatoms. The Morgan fingerprint density at radius 2 is 2.08 bits per heavy atom. The van der Waals surface area contributed by atoms with Gasteiger partial charge in [-0.3, -0.25) is 0 Å². The zero-order valence-corrected chi connectivity index (χ0v) is 14.7. The summed E-state index contributed by atoms with van der Waals surface area (Å²) in [6.45, 7) is 4.89. The molecule has 1 aromatic carbocycles. The molecule has 3 fully saturated rings. The number of nitrogens with one attached hydrogen (secondary N) is 1. The average molecular weight is 342 g/mol. The first-order valence-corrected chi connectivity index (χ1v) is 9.57. The average Bonchev–Trinajstić information content (AvgIpc) is 2.99. The van der Waals surface area contributed by atoms with E-state index in [9.17, 15) is 4.79 Å². The number of benzene rings is 1. The fraction of sp³-hybridized carbons (Fsp3) is 0.650. The minimum absolute atomic E-state index is 0.0863. The molecule has 0 unspecified atom stereocenters. The van der Waals surface area contributed by atoms with Crippen LogP contribution < -0.4 is 5.32 Å². The molecule has 4 aliphatic rings. The van der Waals surface area contributed by atoms with Gasteiger partial charge >= 0.3 is 6.03 Å². The Bertz CT molecular complexity index is 685. The second kappa shape index (κ2) is 5.71. The third kappa shape index (κ3) is 2.56. The maximum absolute atomic E-state index is 12.8. The first-order valence-electron chi connectivity index (χ1n) is 9.57. The standard InChI is InChI=1S/C20H26N2O3/c1-20(24-9-10-25-20)14-6-4-8-22(12-14)19(23)21-18-16-11-13-5-2-3-7-15(13)17(16)18/h2-3,5,7,14,16-18H,4,6,8-12H2,1H3,(H,21,23)/t14-,16+,17-,18-/m1/s1. The molecule has 0 radical (unpaired) electrons. The van der Waals surface area contributed by atoms with Gasteiger partial charge in [0.1, 0.15) is 0 Å². The molecule has 0 aromatic heterocycles. The smallest absolute Gasteiger partial charge is 0.317 e. The van der Waals surface area contributed by atoms with Gasteiger partial charge < -0.3 is 19.7 Å². The molecule has 1 saturated carbocycles. The molecule has 0 bridgehead atoms. The van der Waals surface area contributed by atoms with Crippen molar-refractivity contribution in [3.05, 3.63) is 35.4 Å². The number of carbonyl (C=O) groups is 1. The highest BCUT2D eigenvalue weighted by Gasteiger charge is 2.56. The Hall–Kier alpha value is -1.59. The van der Waals surface area contributed by atoms with Crippen LogP contribution in [0.5, 0.6) is 0 Å². The van der Waals surface area contributed by atoms with Gasteiger partial charge in [-0.15, -0.1) is 0 Å². The summed E-state index contributed by atoms with van der Waals surface area (Å²) < 4.78 is 11.6. The molecular formula is C20H26N2O3. The van der Waals surface area contributed by atoms with Crippen molar-refractivity contribution in [2.45, 2.75) is 43.9 Å². The van der Waals surface area contributed by atoms with Gasteiger partial charge in [-0.05, 0) is 43.2 Å². The van der Waals surface area contributed by atoms with Crippen LogP contribution in [-0.2, 0) is 15.9 Å². The van der Waals surface area contributed by atoms with Crippen molar-refractivity contribution in [3.8, 4) is 0 Å². The molecule has 2 aliphatic carbocycles. The van der Waals surface area contributed by atoms with Gasteiger partial charge in [-0.1, -0.05) is 24.3 Å². The van der Waals surface area contributed by atoms with Gasteiger partial charge in [-0.2, -0.15) is 0 Å². The van der Waals surface area contributed by atoms with Crippen LogP contribution >= 0.6 is 0 Å². The molecule has 134 valence electrons. The molecule has 2 heterocycles. The van der Waals surface area contributed by atoms with Crippen molar-refractivity contribution < 1.29 is 14.3 Å². The van der Waals surface area contributed by atoms with Crippen LogP contribution in [-0.4, -0.2) is 49.1 Å². The van der Waals surface area contributed by atoms with Gasteiger partial charge in [0, 0.05) is 31.0 Å². The van der Waals surface area contributed by atoms with Gasteiger partial charge in [0.2, 0.25) is 0 Å². The Morgan fingerprint density at radius 3 is 2.92 bits per heavy atom. The number of nitrogens with zero attached hydrogens (tertiary/aromatic N) is 1. The zero-order valence-electron chi connectivity index (χ0n) is 14.7. The monoisotopic (exact) mass is 342 g/mol. The molecule has 4 atom stereocenters. The van der Waals surface area contributed by atoms with Crippen LogP contribution in [0.2, 0.25) is 0 Å². The van der Waals surface area contributed by atoms with E-state index in [4.69, 9.17) is 9.47 Å². The highest BCUT2D eigenvalue weighted by atomic mass is 16.7. The van der Waals surface area contributed by atoms with Gasteiger partial charge in [-0.25, -0.2) is 4.79 Å². The number of ether oxygens (including phenoxy) is 2. The number of rotatable bonds is 2. The zero-order chi connectivity index (χ0) is 17.0. The van der Waals surface area contributed by atoms with Gasteiger partial charge in [0.15, 0.2) is 5.79 Å². The lowest BCUT2D eigenvalue weighted by molar-refractivity contribution is -0.189. The molecule has 2 saturated heterocycles. The Balaban J connectivity index is 1.21. The number of urea groups is 1. The summed E-state index contributed by atoms with van der Waals surface area (Å²) in [6, 6.07) is 9.06. The summed E-state index contributed by atoms with van der Waals surface area (Å²) in [4.78, 5) is 14.8. The van der Waals surface area contributed by atoms with Gasteiger partial charge in [0.05, 0.1) is 13.2 Å². The van der Waals surface area contributed by atoms with E-state index in [1.807, 2.05) is 11.8 Å². The largest absolute Gasteiger partial charge is 0.347 e. The van der Waals surface area contributed by atoms with Crippen LogP contribution in [0.4, 0.5) is 4.79 Å². The number of fused-ring (bicyclic) bond motifs is 3. The van der Waals surface area contributed by atoms with E-state index in [0.29, 0.717) is 31.1 Å². The van der Waals surface area contributed by atoms with Gasteiger partial charge in [0.25, 0.3) is 0 Å². The van der Waals surface area contributed by atoms with Crippen LogP contribution in [0, 0.1) is 11.8 Å². The van der Waals surface area contributed by atoms with E-state index in [-0.39, 0.29) is 11.9 Å². The van der Waals surface area contributed by atoms with E-state index < -0.39 is 5.79 Å². The summed E-state index contributed by atoms with van der Waals surface area (Å²) in [7, 11) is 0. The van der Waals surface area contributed by atoms with Crippen LogP contribution in [0.1, 0.15) is 36.8 Å². The summed E-state index contributed by atoms with van der Waals surface area (Å²) >= 11 is 0. The topological polar surface area (TPSA) is 50.8 Å². The van der Waals surface area contributed by atoms with Crippen molar-refractivity contribution in [2.75, 3.05) is 26.3 Å². The summed E-state index contributed by atoms with van der Waals surface area (Å²) in [5, 5.41) is 3.30. The number of hydrogen-bond donors (Lipinski definition) is 1. The predicted molar refractivity (Wildman–Crippen MR) is 93.3 cm³/mol. The minimum Gasteiger partial charge on any atom is -0.347 e. The second-order valence-corrected chi connectivity index (χ2v) is 8.07. The molecule has 0 spiro atoms. The number of carbonyl (C=O) groups excluding carboxylic acids is 1. The van der Waals surface area contributed by atoms with Crippen molar-refractivity contribution in [2.24, 2.45) is 11.8 Å². The van der Waals surface area contributed by atoms with Crippen molar-refractivity contribution in [1.82, 2.24) is 10.2 Å². The lowest BCUT2D eigenvalue weighted by Crippen LogP contribution is -2.52. The van der Waals surface area contributed by atoms with E-state index in [1.165, 1.54) is 11.1 Å². The van der Waals surface area contributed by atoms with E-state index >= 15 is 0 Å². The Labute approximate surface area is 148 Å². The Kier molecular flexibility index (Phi) is 3.57. The van der Waals surface area contributed by atoms with Crippen molar-refractivity contribution in [1.29, 1.82) is 0 Å². The van der Waals surface area contributed by atoms with E-state index in [1.54, 1.807) is 0 Å². The molecule has 1 aromatic rings. The first kappa shape index (κ1) is 15.6. The van der Waals surface area contributed by atoms with Crippen molar-refractivity contribution >= 4 is 6.03 Å². The summed E-state index contributed by atoms with van der Waals surface area (Å²) in [5.74, 6) is 0.864. The first-order chi connectivity index (χ1) is 12.2. The maximum atomic E-state index is 12.8. The highest BCUT2D eigenvalue weighted by Crippen LogP contribution is 2.56. The summed E-state index contributed by atoms with van der Waals surface area (Å²) in [6.07, 6.45) is 3.18. The lowest BCUT2D eigenvalue weighted by Gasteiger charge is -2.39. The quantitative estimate of drug-likeness (QED) is 0.898. The fourth-order valence-corrected chi connectivity index (χ4v) is 5.14. The predicted octanol–water partition coefficient (Wildman–Crippen LogP) is 2.51. The second-order valence-electron chi connectivity index (χ2n) is 8.07. The molecular weight excluding hydrogens is 316 g/mol. The number of amides is 2. The minimum atomic E-state index is -0.520. The molecule has 5 nitrogen and oxygen atoms in total. The number of piperidine rings is 1. The SMILES string of the molecule is CC1([C@@H]2CCCN(C(=O)N[C@@H]3[C@H]4Cc5ccccc5[C@H]43)C2)OCCO1. The molecule has 2 aliphatic heterocycles. The molecule has 5 rings (SSSR count). The Morgan fingerprint density at radius 1 is 1.28 bits per heavy atom. The third-order valence-corrected chi connectivity index (χ3v) is 6.64.